The van der Waals surface area contributed by atoms with Crippen molar-refractivity contribution in [3.8, 4) is 12.1 Å². The molecule has 4 nitrogen and oxygen atoms in total. The first-order valence-corrected chi connectivity index (χ1v) is 11.4. The van der Waals surface area contributed by atoms with E-state index in [4.69, 9.17) is 0 Å². The maximum absolute atomic E-state index is 14.0. The van der Waals surface area contributed by atoms with Crippen molar-refractivity contribution in [3.05, 3.63) is 105 Å². The molecular formula is C27H18IN3O. The molecule has 3 unspecified atom stereocenters. The highest BCUT2D eigenvalue weighted by Crippen LogP contribution is 2.56. The van der Waals surface area contributed by atoms with Crippen LogP contribution in [0.3, 0.4) is 0 Å². The Morgan fingerprint density at radius 2 is 1.56 bits per heavy atom. The van der Waals surface area contributed by atoms with Crippen LogP contribution in [0.4, 0.5) is 5.69 Å². The Morgan fingerprint density at radius 3 is 2.28 bits per heavy atom. The van der Waals surface area contributed by atoms with Gasteiger partial charge in [-0.15, -0.1) is 0 Å². The number of ketones is 1. The third-order valence-electron chi connectivity index (χ3n) is 6.48. The van der Waals surface area contributed by atoms with Crippen molar-refractivity contribution in [2.24, 2.45) is 5.41 Å². The molecule has 3 aromatic rings. The number of hydrogen-bond donors (Lipinski definition) is 0. The van der Waals surface area contributed by atoms with E-state index in [9.17, 15) is 15.3 Å². The number of nitriles is 2. The smallest absolute Gasteiger partial charge is 0.185 e. The van der Waals surface area contributed by atoms with Crippen LogP contribution < -0.4 is 4.90 Å². The lowest BCUT2D eigenvalue weighted by Gasteiger charge is -2.35. The van der Waals surface area contributed by atoms with Gasteiger partial charge >= 0.3 is 0 Å². The van der Waals surface area contributed by atoms with Crippen LogP contribution in [-0.2, 0) is 0 Å². The lowest BCUT2D eigenvalue weighted by atomic mass is 9.69. The van der Waals surface area contributed by atoms with E-state index >= 15 is 0 Å². The topological polar surface area (TPSA) is 67.9 Å². The molecule has 154 valence electrons. The Labute approximate surface area is 200 Å². The van der Waals surface area contributed by atoms with Crippen molar-refractivity contribution in [1.29, 1.82) is 10.5 Å². The molecular weight excluding hydrogens is 509 g/mol. The summed E-state index contributed by atoms with van der Waals surface area (Å²) >= 11 is 2.23. The van der Waals surface area contributed by atoms with Gasteiger partial charge in [-0.25, -0.2) is 0 Å². The van der Waals surface area contributed by atoms with E-state index in [1.807, 2.05) is 83.8 Å². The highest BCUT2D eigenvalue weighted by atomic mass is 127. The summed E-state index contributed by atoms with van der Waals surface area (Å²) in [4.78, 5) is 16.0. The summed E-state index contributed by atoms with van der Waals surface area (Å²) in [6.07, 6.45) is 3.87. The number of benzene rings is 3. The maximum atomic E-state index is 14.0. The zero-order chi connectivity index (χ0) is 22.3. The molecule has 3 aromatic carbocycles. The minimum absolute atomic E-state index is 0.0854. The lowest BCUT2D eigenvalue weighted by molar-refractivity contribution is 0.0951. The molecule has 0 amide bonds. The van der Waals surface area contributed by atoms with Crippen molar-refractivity contribution in [2.75, 3.05) is 4.90 Å². The van der Waals surface area contributed by atoms with Gasteiger partial charge in [-0.3, -0.25) is 4.79 Å². The Balaban J connectivity index is 1.81. The summed E-state index contributed by atoms with van der Waals surface area (Å²) in [6, 6.07) is 28.2. The van der Waals surface area contributed by atoms with Gasteiger partial charge in [-0.2, -0.15) is 10.5 Å². The number of rotatable bonds is 3. The van der Waals surface area contributed by atoms with E-state index < -0.39 is 23.4 Å². The summed E-state index contributed by atoms with van der Waals surface area (Å²) in [5.41, 5.74) is 1.86. The number of carbonyl (C=O) groups excluding carboxylic acids is 1. The molecule has 5 heteroatoms. The van der Waals surface area contributed by atoms with Crippen LogP contribution in [0.15, 0.2) is 84.9 Å². The molecule has 3 atom stereocenters. The fraction of sp³-hybridized carbons (Fsp3) is 0.148. The second-order valence-electron chi connectivity index (χ2n) is 8.04. The van der Waals surface area contributed by atoms with Crippen molar-refractivity contribution < 1.29 is 4.79 Å². The Kier molecular flexibility index (Phi) is 5.07. The zero-order valence-corrected chi connectivity index (χ0v) is 19.2. The molecule has 0 bridgehead atoms. The quantitative estimate of drug-likeness (QED) is 0.330. The molecule has 0 saturated carbocycles. The predicted octanol–water partition coefficient (Wildman–Crippen LogP) is 5.58. The van der Waals surface area contributed by atoms with Crippen LogP contribution in [0.1, 0.15) is 27.4 Å². The second kappa shape index (κ2) is 7.93. The van der Waals surface area contributed by atoms with Gasteiger partial charge in [0.1, 0.15) is 6.04 Å². The summed E-state index contributed by atoms with van der Waals surface area (Å²) in [5.74, 6) is -0.697. The minimum atomic E-state index is -1.42. The van der Waals surface area contributed by atoms with Crippen LogP contribution in [0.25, 0.3) is 6.08 Å². The Bertz CT molecular complexity index is 1300. The summed E-state index contributed by atoms with van der Waals surface area (Å²) < 4.78 is 0.938. The van der Waals surface area contributed by atoms with E-state index in [0.29, 0.717) is 5.56 Å². The average Bonchev–Trinajstić information content (AvgIpc) is 3.15. The normalized spacial score (nSPS) is 22.3. The average molecular weight is 527 g/mol. The van der Waals surface area contributed by atoms with Crippen molar-refractivity contribution in [3.63, 3.8) is 0 Å². The molecule has 0 radical (unpaired) electrons. The lowest BCUT2D eigenvalue weighted by Crippen LogP contribution is -2.44. The van der Waals surface area contributed by atoms with Crippen LogP contribution >= 0.6 is 22.6 Å². The second-order valence-corrected chi connectivity index (χ2v) is 9.20. The summed E-state index contributed by atoms with van der Waals surface area (Å²) in [6.45, 7) is 0. The molecule has 2 aliphatic heterocycles. The van der Waals surface area contributed by atoms with Gasteiger partial charge in [-0.05, 0) is 45.9 Å². The first-order valence-electron chi connectivity index (χ1n) is 10.3. The number of nitrogens with zero attached hydrogens (tertiary/aromatic N) is 3. The number of anilines is 1. The molecule has 0 aliphatic carbocycles. The molecule has 1 fully saturated rings. The molecule has 0 spiro atoms. The standard InChI is InChI=1S/C27H18IN3O/c28-21-12-6-5-11-20(21)24-25(26(32)19-9-2-1-3-10-19)31-22-13-7-4-8-18(22)14-15-23(31)27(24,16-29)17-30/h1-15,23-25H. The monoisotopic (exact) mass is 527 g/mol. The molecule has 32 heavy (non-hydrogen) atoms. The van der Waals surface area contributed by atoms with Crippen LogP contribution in [0, 0.1) is 31.6 Å². The number of halogens is 1. The van der Waals surface area contributed by atoms with Gasteiger partial charge in [0.25, 0.3) is 0 Å². The number of para-hydroxylation sites is 1. The van der Waals surface area contributed by atoms with Crippen LogP contribution in [0.5, 0.6) is 0 Å². The largest absolute Gasteiger partial charge is 0.351 e. The van der Waals surface area contributed by atoms with Gasteiger partial charge in [0.05, 0.1) is 18.2 Å². The van der Waals surface area contributed by atoms with Gasteiger partial charge in [0, 0.05) is 20.7 Å². The zero-order valence-electron chi connectivity index (χ0n) is 17.0. The number of hydrogen-bond acceptors (Lipinski definition) is 4. The molecule has 1 saturated heterocycles. The first-order chi connectivity index (χ1) is 15.6. The van der Waals surface area contributed by atoms with Gasteiger partial charge in [0.15, 0.2) is 11.2 Å². The molecule has 0 aromatic heterocycles. The number of fused-ring (bicyclic) bond motifs is 3. The molecule has 0 N–H and O–H groups in total. The SMILES string of the molecule is N#CC1(C#N)C(c2ccccc2I)C(C(=O)c2ccccc2)N2c3ccccc3C=CC21. The Morgan fingerprint density at radius 1 is 0.906 bits per heavy atom. The van der Waals surface area contributed by atoms with Crippen molar-refractivity contribution >= 4 is 40.1 Å². The molecule has 5 rings (SSSR count). The Hall–Kier alpha value is -3.42. The van der Waals surface area contributed by atoms with Crippen LogP contribution in [-0.4, -0.2) is 17.9 Å². The van der Waals surface area contributed by atoms with Crippen LogP contribution in [0.2, 0.25) is 0 Å². The fourth-order valence-corrected chi connectivity index (χ4v) is 5.80. The summed E-state index contributed by atoms with van der Waals surface area (Å²) in [5, 5.41) is 20.9. The summed E-state index contributed by atoms with van der Waals surface area (Å²) in [7, 11) is 0. The van der Waals surface area contributed by atoms with Gasteiger partial charge < -0.3 is 4.90 Å². The van der Waals surface area contributed by atoms with Gasteiger partial charge in [0.2, 0.25) is 0 Å². The maximum Gasteiger partial charge on any atom is 0.185 e. The van der Waals surface area contributed by atoms with E-state index in [2.05, 4.69) is 34.7 Å². The van der Waals surface area contributed by atoms with E-state index in [1.165, 1.54) is 0 Å². The third kappa shape index (κ3) is 2.89. The van der Waals surface area contributed by atoms with E-state index in [-0.39, 0.29) is 5.78 Å². The van der Waals surface area contributed by atoms with E-state index in [0.717, 1.165) is 20.4 Å². The third-order valence-corrected chi connectivity index (χ3v) is 7.46. The van der Waals surface area contributed by atoms with E-state index in [1.54, 1.807) is 12.1 Å². The highest BCUT2D eigenvalue weighted by Gasteiger charge is 2.63. The highest BCUT2D eigenvalue weighted by molar-refractivity contribution is 14.1. The van der Waals surface area contributed by atoms with Crippen molar-refractivity contribution in [2.45, 2.75) is 18.0 Å². The number of Topliss-reactive ketones (excluding diaryl/α,β-unsaturated/α-hetero) is 1. The molecule has 2 aliphatic rings. The minimum Gasteiger partial charge on any atom is -0.351 e. The molecule has 2 heterocycles. The van der Waals surface area contributed by atoms with Crippen molar-refractivity contribution in [1.82, 2.24) is 0 Å². The number of carbonyl (C=O) groups is 1. The van der Waals surface area contributed by atoms with Gasteiger partial charge in [-0.1, -0.05) is 78.9 Å². The first kappa shape index (κ1) is 20.5. The predicted molar refractivity (Wildman–Crippen MR) is 132 cm³/mol. The fourth-order valence-electron chi connectivity index (χ4n) is 5.08.